The summed E-state index contributed by atoms with van der Waals surface area (Å²) in [6.45, 7) is 0.106. The smallest absolute Gasteiger partial charge is 0.416 e. The molecule has 0 bridgehead atoms. The van der Waals surface area contributed by atoms with Crippen LogP contribution in [0.2, 0.25) is 10.0 Å². The lowest BCUT2D eigenvalue weighted by atomic mass is 9.92. The zero-order chi connectivity index (χ0) is 54.5. The lowest BCUT2D eigenvalue weighted by Crippen LogP contribution is -2.29. The van der Waals surface area contributed by atoms with Gasteiger partial charge in [0, 0.05) is 37.1 Å². The summed E-state index contributed by atoms with van der Waals surface area (Å²) in [6.07, 6.45) is -6.68. The third-order valence-electron chi connectivity index (χ3n) is 14.7. The Hall–Kier alpha value is -7.56. The van der Waals surface area contributed by atoms with Gasteiger partial charge in [0.05, 0.1) is 24.2 Å². The maximum Gasteiger partial charge on any atom is 0.416 e. The van der Waals surface area contributed by atoms with Crippen molar-refractivity contribution in [2.75, 3.05) is 36.0 Å². The predicted octanol–water partition coefficient (Wildman–Crippen LogP) is 13.7. The van der Waals surface area contributed by atoms with Gasteiger partial charge in [-0.25, -0.2) is 9.59 Å². The number of halogens is 8. The fraction of sp³-hybridized carbons (Fsp3) is 0.254. The topological polar surface area (TPSA) is 125 Å². The Balaban J connectivity index is 0.936. The fourth-order valence-electron chi connectivity index (χ4n) is 11.2. The van der Waals surface area contributed by atoms with Gasteiger partial charge in [0.1, 0.15) is 21.7 Å². The number of unbranched alkanes of at least 4 members (excludes halogenated alkanes) is 4. The highest BCUT2D eigenvalue weighted by molar-refractivity contribution is 6.32. The molecule has 0 radical (unpaired) electrons. The monoisotopic (exact) mass is 1090 g/mol. The molecule has 77 heavy (non-hydrogen) atoms. The molecule has 10 nitrogen and oxygen atoms in total. The quantitative estimate of drug-likeness (QED) is 0.0724. The van der Waals surface area contributed by atoms with Gasteiger partial charge in [0.25, 0.3) is 11.1 Å². The van der Waals surface area contributed by atoms with Gasteiger partial charge < -0.3 is 20.0 Å². The molecule has 0 saturated heterocycles. The summed E-state index contributed by atoms with van der Waals surface area (Å²) >= 11 is 13.9. The van der Waals surface area contributed by atoms with E-state index in [1.807, 2.05) is 84.9 Å². The number of pyridine rings is 2. The predicted molar refractivity (Wildman–Crippen MR) is 287 cm³/mol. The summed E-state index contributed by atoms with van der Waals surface area (Å²) in [5, 5.41) is 23.8. The van der Waals surface area contributed by atoms with E-state index in [1.165, 1.54) is 24.3 Å². The Labute approximate surface area is 446 Å². The fourth-order valence-corrected chi connectivity index (χ4v) is 11.7. The number of aliphatic carboxylic acids is 2. The van der Waals surface area contributed by atoms with Crippen molar-refractivity contribution < 1.29 is 46.1 Å². The van der Waals surface area contributed by atoms with Crippen molar-refractivity contribution in [2.24, 2.45) is 0 Å². The van der Waals surface area contributed by atoms with Crippen LogP contribution in [0.3, 0.4) is 0 Å². The molecule has 2 aromatic heterocycles. The number of benzene rings is 6. The van der Waals surface area contributed by atoms with Crippen molar-refractivity contribution in [1.82, 2.24) is 9.13 Å². The minimum Gasteiger partial charge on any atom is -0.480 e. The number of fused-ring (bicyclic) bond motifs is 4. The Morgan fingerprint density at radius 3 is 1.26 bits per heavy atom. The van der Waals surface area contributed by atoms with Gasteiger partial charge in [-0.2, -0.15) is 26.3 Å². The lowest BCUT2D eigenvalue weighted by Gasteiger charge is -2.25. The summed E-state index contributed by atoms with van der Waals surface area (Å²) in [4.78, 5) is 57.8. The number of alkyl halides is 6. The average Bonchev–Trinajstić information content (AvgIpc) is 4.01. The number of anilines is 2. The molecule has 0 spiro atoms. The van der Waals surface area contributed by atoms with Crippen LogP contribution in [0.25, 0.3) is 43.8 Å². The first-order valence-electron chi connectivity index (χ1n) is 25.0. The zero-order valence-electron chi connectivity index (χ0n) is 41.0. The second-order valence-corrected chi connectivity index (χ2v) is 20.2. The van der Waals surface area contributed by atoms with E-state index in [1.54, 1.807) is 9.80 Å². The van der Waals surface area contributed by atoms with E-state index in [-0.39, 0.29) is 94.1 Å². The second kappa shape index (κ2) is 21.1. The Kier molecular flexibility index (Phi) is 14.5. The Morgan fingerprint density at radius 2 is 0.870 bits per heavy atom. The molecule has 2 N–H and O–H groups in total. The number of carboxylic acid groups (broad SMARTS) is 2. The largest absolute Gasteiger partial charge is 0.480 e. The first-order chi connectivity index (χ1) is 36.8. The first-order valence-corrected chi connectivity index (χ1v) is 25.7. The van der Waals surface area contributed by atoms with Crippen LogP contribution in [-0.4, -0.2) is 57.5 Å². The van der Waals surface area contributed by atoms with E-state index in [4.69, 9.17) is 23.2 Å². The van der Waals surface area contributed by atoms with Crippen LogP contribution in [0.1, 0.15) is 77.6 Å². The van der Waals surface area contributed by atoms with Crippen molar-refractivity contribution in [3.63, 3.8) is 0 Å². The van der Waals surface area contributed by atoms with Crippen LogP contribution in [0, 0.1) is 0 Å². The number of hydrogen-bond acceptors (Lipinski definition) is 6. The van der Waals surface area contributed by atoms with Crippen LogP contribution in [0.4, 0.5) is 38.0 Å². The number of carbonyl (C=O) groups is 2. The zero-order valence-corrected chi connectivity index (χ0v) is 42.5. The highest BCUT2D eigenvalue weighted by Gasteiger charge is 2.42. The standard InChI is InChI=1S/C59H48Cl2F6N4O6/c60-50-44(30-36-18-10-16-34-14-4-6-24-42(34)36)48(38-20-12-22-40(28-38)58(62,63)64)52-68(32-46(56(74)75)70(52)54(50)72)26-8-2-1-3-9-27-69-33-47(57(76)77)71-53(69)49(39-21-13-23-41(29-39)59(65,66)67)45(51(61)55(71)73)31-37-19-11-17-35-15-5-7-25-43(35)37/h4-7,10-25,28-29,46-47H,1-3,8-9,26-27,30-33H2,(H,74,75)(H,76,77). The molecule has 4 heterocycles. The van der Waals surface area contributed by atoms with Crippen molar-refractivity contribution in [3.8, 4) is 22.3 Å². The van der Waals surface area contributed by atoms with Gasteiger partial charge >= 0.3 is 24.3 Å². The van der Waals surface area contributed by atoms with Crippen LogP contribution < -0.4 is 20.9 Å². The number of nitrogens with zero attached hydrogens (tertiary/aromatic N) is 4. The summed E-state index contributed by atoms with van der Waals surface area (Å²) in [6, 6.07) is 32.7. The molecule has 396 valence electrons. The van der Waals surface area contributed by atoms with Crippen LogP contribution in [0.5, 0.6) is 0 Å². The minimum absolute atomic E-state index is 0.0454. The molecule has 2 atom stereocenters. The number of hydrogen-bond donors (Lipinski definition) is 2. The Morgan fingerprint density at radius 1 is 0.506 bits per heavy atom. The van der Waals surface area contributed by atoms with Gasteiger partial charge in [0.15, 0.2) is 12.1 Å². The van der Waals surface area contributed by atoms with E-state index in [0.717, 1.165) is 66.1 Å². The number of carboxylic acids is 2. The number of rotatable bonds is 16. The molecule has 8 aromatic rings. The maximum absolute atomic E-state index is 14.3. The molecule has 0 aliphatic carbocycles. The molecule has 2 aliphatic heterocycles. The summed E-state index contributed by atoms with van der Waals surface area (Å²) in [5.74, 6) is -2.35. The van der Waals surface area contributed by atoms with Crippen molar-refractivity contribution in [2.45, 2.75) is 69.4 Å². The summed E-state index contributed by atoms with van der Waals surface area (Å²) < 4.78 is 88.0. The van der Waals surface area contributed by atoms with E-state index >= 15 is 0 Å². The van der Waals surface area contributed by atoms with Gasteiger partial charge in [-0.05, 0) is 92.0 Å². The third-order valence-corrected chi connectivity index (χ3v) is 15.5. The molecule has 18 heteroatoms. The highest BCUT2D eigenvalue weighted by Crippen LogP contribution is 2.46. The molecule has 0 fully saturated rings. The second-order valence-electron chi connectivity index (χ2n) is 19.5. The molecule has 0 amide bonds. The van der Waals surface area contributed by atoms with Crippen molar-refractivity contribution in [3.05, 3.63) is 198 Å². The lowest BCUT2D eigenvalue weighted by molar-refractivity contribution is -0.141. The van der Waals surface area contributed by atoms with Crippen LogP contribution in [-0.2, 0) is 34.8 Å². The first kappa shape index (κ1) is 52.9. The van der Waals surface area contributed by atoms with Crippen molar-refractivity contribution in [1.29, 1.82) is 0 Å². The van der Waals surface area contributed by atoms with Gasteiger partial charge in [-0.15, -0.1) is 0 Å². The average molecular weight is 1090 g/mol. The van der Waals surface area contributed by atoms with E-state index in [2.05, 4.69) is 0 Å². The molecular formula is C59H48Cl2F6N4O6. The molecule has 2 aliphatic rings. The SMILES string of the molecule is O=C(O)C1CN(CCCCCCCN2CC(C(=O)O)n3c2c(-c2cccc(C(F)(F)F)c2)c(Cc2cccc4ccccc24)c(Cl)c3=O)c2c(-c3cccc(C(F)(F)F)c3)c(Cc3cccc4ccccc34)c(Cl)c(=O)n21. The van der Waals surface area contributed by atoms with E-state index in [0.29, 0.717) is 32.1 Å². The van der Waals surface area contributed by atoms with E-state index < -0.39 is 58.6 Å². The van der Waals surface area contributed by atoms with Crippen LogP contribution in [0.15, 0.2) is 143 Å². The normalized spacial score (nSPS) is 15.4. The number of aromatic nitrogens is 2. The minimum atomic E-state index is -4.72. The summed E-state index contributed by atoms with van der Waals surface area (Å²) in [7, 11) is 0. The van der Waals surface area contributed by atoms with Crippen molar-refractivity contribution >= 4 is 68.3 Å². The van der Waals surface area contributed by atoms with Gasteiger partial charge in [-0.1, -0.05) is 152 Å². The third kappa shape index (κ3) is 10.2. The molecule has 2 unspecified atom stereocenters. The maximum atomic E-state index is 14.3. The van der Waals surface area contributed by atoms with E-state index in [9.17, 15) is 55.7 Å². The van der Waals surface area contributed by atoms with Gasteiger partial charge in [-0.3, -0.25) is 18.7 Å². The molecular weight excluding hydrogens is 1050 g/mol. The highest BCUT2D eigenvalue weighted by atomic mass is 35.5. The molecule has 0 saturated carbocycles. The Bertz CT molecular complexity index is 3510. The molecule has 10 rings (SSSR count). The molecule has 6 aromatic carbocycles. The van der Waals surface area contributed by atoms with Crippen LogP contribution >= 0.6 is 23.2 Å². The summed E-state index contributed by atoms with van der Waals surface area (Å²) in [5.41, 5.74) is -0.786. The van der Waals surface area contributed by atoms with Gasteiger partial charge in [0.2, 0.25) is 0 Å².